The lowest BCUT2D eigenvalue weighted by atomic mass is 9.82. The van der Waals surface area contributed by atoms with Crippen LogP contribution in [0.4, 0.5) is 5.69 Å². The Morgan fingerprint density at radius 2 is 2.31 bits per heavy atom. The van der Waals surface area contributed by atoms with Crippen LogP contribution in [0.5, 0.6) is 5.88 Å². The minimum absolute atomic E-state index is 0.452. The number of methoxy groups -OCH3 is 1. The first-order valence-electron chi connectivity index (χ1n) is 4.82. The van der Waals surface area contributed by atoms with Gasteiger partial charge in [0.05, 0.1) is 29.3 Å². The number of carbonyl (C=O) groups is 1. The molecule has 4 nitrogen and oxygen atoms in total. The van der Waals surface area contributed by atoms with Crippen LogP contribution >= 0.6 is 11.6 Å². The van der Waals surface area contributed by atoms with E-state index >= 15 is 0 Å². The molecule has 0 saturated heterocycles. The van der Waals surface area contributed by atoms with Gasteiger partial charge in [-0.2, -0.15) is 0 Å². The molecule has 5 heteroatoms. The molecular weight excluding hydrogens is 228 g/mol. The standard InChI is InChI=1S/C11H11ClN2O2/c1-11(6-15)8(12)5-13-7-3-4-9(16-2)14-10(7)11/h3-6,8H,1-2H3. The molecule has 2 heterocycles. The molecule has 2 unspecified atom stereocenters. The van der Waals surface area contributed by atoms with Crippen molar-refractivity contribution in [3.8, 4) is 5.88 Å². The van der Waals surface area contributed by atoms with E-state index in [0.717, 1.165) is 6.29 Å². The van der Waals surface area contributed by atoms with E-state index in [-0.39, 0.29) is 0 Å². The van der Waals surface area contributed by atoms with Crippen LogP contribution in [0, 0.1) is 0 Å². The Balaban J connectivity index is 2.62. The quantitative estimate of drug-likeness (QED) is 0.584. The third kappa shape index (κ3) is 1.50. The number of carbonyl (C=O) groups excluding carboxylic acids is 1. The highest BCUT2D eigenvalue weighted by Gasteiger charge is 2.40. The number of alkyl halides is 1. The van der Waals surface area contributed by atoms with Crippen LogP contribution in [0.15, 0.2) is 17.1 Å². The zero-order chi connectivity index (χ0) is 11.8. The Morgan fingerprint density at radius 1 is 1.56 bits per heavy atom. The van der Waals surface area contributed by atoms with Gasteiger partial charge in [-0.15, -0.1) is 11.6 Å². The second-order valence-corrected chi connectivity index (χ2v) is 4.27. The molecule has 0 spiro atoms. The van der Waals surface area contributed by atoms with Gasteiger partial charge in [0.25, 0.3) is 0 Å². The van der Waals surface area contributed by atoms with E-state index < -0.39 is 10.8 Å². The number of hydrogen-bond donors (Lipinski definition) is 0. The molecule has 0 saturated carbocycles. The van der Waals surface area contributed by atoms with Crippen LogP contribution in [0.1, 0.15) is 12.6 Å². The van der Waals surface area contributed by atoms with Crippen LogP contribution in [-0.2, 0) is 10.2 Å². The van der Waals surface area contributed by atoms with Crippen LogP contribution in [0.3, 0.4) is 0 Å². The van der Waals surface area contributed by atoms with Crippen LogP contribution in [0.25, 0.3) is 0 Å². The van der Waals surface area contributed by atoms with E-state index in [4.69, 9.17) is 16.3 Å². The highest BCUT2D eigenvalue weighted by Crippen LogP contribution is 2.38. The number of aliphatic imine (C=N–C) groups is 1. The Hall–Kier alpha value is -1.42. The summed E-state index contributed by atoms with van der Waals surface area (Å²) in [6.45, 7) is 1.74. The fourth-order valence-electron chi connectivity index (χ4n) is 1.60. The van der Waals surface area contributed by atoms with E-state index in [9.17, 15) is 4.79 Å². The summed E-state index contributed by atoms with van der Waals surface area (Å²) in [5.74, 6) is 0.452. The molecule has 0 amide bonds. The molecule has 2 atom stereocenters. The molecule has 0 radical (unpaired) electrons. The molecule has 2 rings (SSSR count). The summed E-state index contributed by atoms with van der Waals surface area (Å²) in [6.07, 6.45) is 2.37. The molecule has 16 heavy (non-hydrogen) atoms. The minimum Gasteiger partial charge on any atom is -0.481 e. The molecule has 1 aromatic rings. The Morgan fingerprint density at radius 3 is 2.94 bits per heavy atom. The number of hydrogen-bond acceptors (Lipinski definition) is 4. The van der Waals surface area contributed by atoms with Crippen molar-refractivity contribution in [2.45, 2.75) is 17.7 Å². The maximum absolute atomic E-state index is 11.2. The molecule has 0 aliphatic carbocycles. The third-order valence-electron chi connectivity index (χ3n) is 2.73. The third-order valence-corrected chi connectivity index (χ3v) is 3.30. The van der Waals surface area contributed by atoms with Gasteiger partial charge in [-0.3, -0.25) is 4.99 Å². The van der Waals surface area contributed by atoms with Crippen molar-refractivity contribution >= 4 is 29.8 Å². The largest absolute Gasteiger partial charge is 0.481 e. The Bertz CT molecular complexity index is 461. The fourth-order valence-corrected chi connectivity index (χ4v) is 1.81. The van der Waals surface area contributed by atoms with Crippen LogP contribution < -0.4 is 4.74 Å². The average molecular weight is 239 g/mol. The number of ether oxygens (including phenoxy) is 1. The molecule has 84 valence electrons. The fraction of sp³-hybridized carbons (Fsp3) is 0.364. The normalized spacial score (nSPS) is 27.3. The molecule has 1 aliphatic rings. The first-order valence-corrected chi connectivity index (χ1v) is 5.25. The lowest BCUT2D eigenvalue weighted by Gasteiger charge is -2.29. The van der Waals surface area contributed by atoms with Gasteiger partial charge in [0.15, 0.2) is 0 Å². The number of fused-ring (bicyclic) bond motifs is 1. The highest BCUT2D eigenvalue weighted by atomic mass is 35.5. The molecule has 0 N–H and O–H groups in total. The summed E-state index contributed by atoms with van der Waals surface area (Å²) in [5.41, 5.74) is 0.365. The van der Waals surface area contributed by atoms with E-state index in [1.807, 2.05) is 0 Å². The Kier molecular flexibility index (Phi) is 2.68. The van der Waals surface area contributed by atoms with Gasteiger partial charge in [-0.1, -0.05) is 0 Å². The van der Waals surface area contributed by atoms with Crippen LogP contribution in [0.2, 0.25) is 0 Å². The van der Waals surface area contributed by atoms with Crippen molar-refractivity contribution in [3.05, 3.63) is 17.8 Å². The van der Waals surface area contributed by atoms with Gasteiger partial charge in [0.1, 0.15) is 6.29 Å². The van der Waals surface area contributed by atoms with Crippen molar-refractivity contribution < 1.29 is 9.53 Å². The molecule has 1 aromatic heterocycles. The SMILES string of the molecule is COc1ccc2c(n1)C(C)(C=O)C(Cl)C=N2. The molecular formula is C11H11ClN2O2. The monoisotopic (exact) mass is 238 g/mol. The van der Waals surface area contributed by atoms with Crippen molar-refractivity contribution in [3.63, 3.8) is 0 Å². The minimum atomic E-state index is -0.854. The molecule has 0 fully saturated rings. The second kappa shape index (κ2) is 3.87. The van der Waals surface area contributed by atoms with Gasteiger partial charge in [0.2, 0.25) is 5.88 Å². The highest BCUT2D eigenvalue weighted by molar-refractivity contribution is 6.31. The van der Waals surface area contributed by atoms with Crippen molar-refractivity contribution in [1.29, 1.82) is 0 Å². The first kappa shape index (κ1) is 11.1. The van der Waals surface area contributed by atoms with E-state index in [2.05, 4.69) is 9.98 Å². The van der Waals surface area contributed by atoms with Gasteiger partial charge in [-0.05, 0) is 13.0 Å². The topological polar surface area (TPSA) is 51.5 Å². The Labute approximate surface area is 98.3 Å². The number of halogens is 1. The van der Waals surface area contributed by atoms with E-state index in [1.165, 1.54) is 7.11 Å². The van der Waals surface area contributed by atoms with Gasteiger partial charge in [0, 0.05) is 12.3 Å². The van der Waals surface area contributed by atoms with E-state index in [1.54, 1.807) is 25.3 Å². The summed E-state index contributed by atoms with van der Waals surface area (Å²) in [7, 11) is 1.53. The number of pyridine rings is 1. The van der Waals surface area contributed by atoms with Crippen molar-refractivity contribution in [2.24, 2.45) is 4.99 Å². The van der Waals surface area contributed by atoms with Crippen molar-refractivity contribution in [1.82, 2.24) is 4.98 Å². The van der Waals surface area contributed by atoms with Gasteiger partial charge in [-0.25, -0.2) is 4.98 Å². The molecule has 0 aromatic carbocycles. The first-order chi connectivity index (χ1) is 7.61. The lowest BCUT2D eigenvalue weighted by molar-refractivity contribution is -0.111. The van der Waals surface area contributed by atoms with Crippen molar-refractivity contribution in [2.75, 3.05) is 7.11 Å². The maximum atomic E-state index is 11.2. The van der Waals surface area contributed by atoms with Gasteiger partial charge >= 0.3 is 0 Å². The smallest absolute Gasteiger partial charge is 0.213 e. The predicted molar refractivity (Wildman–Crippen MR) is 62.0 cm³/mol. The summed E-state index contributed by atoms with van der Waals surface area (Å²) >= 11 is 6.09. The van der Waals surface area contributed by atoms with Crippen LogP contribution in [-0.4, -0.2) is 30.0 Å². The zero-order valence-electron chi connectivity index (χ0n) is 8.98. The summed E-state index contributed by atoms with van der Waals surface area (Å²) < 4.78 is 5.03. The number of aldehydes is 1. The average Bonchev–Trinajstić information content (AvgIpc) is 2.33. The molecule has 0 bridgehead atoms. The van der Waals surface area contributed by atoms with Gasteiger partial charge < -0.3 is 9.53 Å². The second-order valence-electron chi connectivity index (χ2n) is 3.80. The lowest BCUT2D eigenvalue weighted by Crippen LogP contribution is -2.38. The maximum Gasteiger partial charge on any atom is 0.213 e. The summed E-state index contributed by atoms with van der Waals surface area (Å²) in [6, 6.07) is 3.47. The molecule has 1 aliphatic heterocycles. The predicted octanol–water partition coefficient (Wildman–Crippen LogP) is 1.87. The summed E-state index contributed by atoms with van der Waals surface area (Å²) in [5, 5.41) is -0.489. The summed E-state index contributed by atoms with van der Waals surface area (Å²) in [4.78, 5) is 19.6. The van der Waals surface area contributed by atoms with E-state index in [0.29, 0.717) is 17.3 Å². The number of aromatic nitrogens is 1. The number of nitrogens with zero attached hydrogens (tertiary/aromatic N) is 2. The zero-order valence-corrected chi connectivity index (χ0v) is 9.73. The number of rotatable bonds is 2.